The second-order valence-corrected chi connectivity index (χ2v) is 4.93. The highest BCUT2D eigenvalue weighted by Gasteiger charge is 2.40. The molecular formula is C13H23NO4. The molecule has 18 heavy (non-hydrogen) atoms. The Kier molecular flexibility index (Phi) is 5.41. The van der Waals surface area contributed by atoms with Crippen LogP contribution in [0.2, 0.25) is 0 Å². The van der Waals surface area contributed by atoms with Crippen LogP contribution in [0.15, 0.2) is 0 Å². The molecule has 5 nitrogen and oxygen atoms in total. The Bertz CT molecular complexity index is 272. The number of hydrogen-bond donors (Lipinski definition) is 1. The molecule has 0 amide bonds. The molecule has 0 radical (unpaired) electrons. The van der Waals surface area contributed by atoms with E-state index in [9.17, 15) is 4.79 Å². The summed E-state index contributed by atoms with van der Waals surface area (Å²) < 4.78 is 15.8. The molecule has 1 N–H and O–H groups in total. The zero-order valence-electron chi connectivity index (χ0n) is 11.0. The topological polar surface area (TPSA) is 56.8 Å². The van der Waals surface area contributed by atoms with Gasteiger partial charge in [0.15, 0.2) is 0 Å². The van der Waals surface area contributed by atoms with Crippen LogP contribution < -0.4 is 5.32 Å². The van der Waals surface area contributed by atoms with Crippen molar-refractivity contribution in [3.8, 4) is 0 Å². The minimum absolute atomic E-state index is 0.0484. The standard InChI is InChI=1S/C13H23NO4/c1-2-17-13(15)9-16-6-5-14-8-10-7-11-3-4-12(10)18-11/h10-12,14H,2-9H2,1H3. The number of ether oxygens (including phenoxy) is 3. The highest BCUT2D eigenvalue weighted by molar-refractivity contribution is 5.70. The molecule has 0 saturated carbocycles. The van der Waals surface area contributed by atoms with Crippen LogP contribution in [-0.2, 0) is 19.0 Å². The number of rotatable bonds is 8. The highest BCUT2D eigenvalue weighted by atomic mass is 16.6. The van der Waals surface area contributed by atoms with E-state index in [0.29, 0.717) is 31.3 Å². The SMILES string of the molecule is CCOC(=O)COCCNCC1CC2CCC1O2. The quantitative estimate of drug-likeness (QED) is 0.513. The lowest BCUT2D eigenvalue weighted by atomic mass is 9.89. The molecule has 2 aliphatic rings. The number of hydrogen-bond acceptors (Lipinski definition) is 5. The summed E-state index contributed by atoms with van der Waals surface area (Å²) in [6, 6.07) is 0. The van der Waals surface area contributed by atoms with E-state index in [4.69, 9.17) is 14.2 Å². The Hall–Kier alpha value is -0.650. The van der Waals surface area contributed by atoms with Crippen LogP contribution in [0.25, 0.3) is 0 Å². The van der Waals surface area contributed by atoms with Gasteiger partial charge in [0.05, 0.1) is 25.4 Å². The van der Waals surface area contributed by atoms with E-state index in [2.05, 4.69) is 5.32 Å². The van der Waals surface area contributed by atoms with Gasteiger partial charge in [-0.3, -0.25) is 0 Å². The molecular weight excluding hydrogens is 234 g/mol. The third kappa shape index (κ3) is 3.93. The molecule has 0 aliphatic carbocycles. The average Bonchev–Trinajstić information content (AvgIpc) is 2.96. The largest absolute Gasteiger partial charge is 0.464 e. The lowest BCUT2D eigenvalue weighted by molar-refractivity contribution is -0.148. The van der Waals surface area contributed by atoms with Crippen molar-refractivity contribution in [3.05, 3.63) is 0 Å². The molecule has 2 bridgehead atoms. The van der Waals surface area contributed by atoms with Crippen LogP contribution in [-0.4, -0.2) is 51.1 Å². The fourth-order valence-electron chi connectivity index (χ4n) is 2.75. The zero-order valence-corrected chi connectivity index (χ0v) is 11.0. The van der Waals surface area contributed by atoms with Crippen LogP contribution >= 0.6 is 0 Å². The summed E-state index contributed by atoms with van der Waals surface area (Å²) in [7, 11) is 0. The number of nitrogens with one attached hydrogen (secondary N) is 1. The van der Waals surface area contributed by atoms with Crippen LogP contribution in [0.4, 0.5) is 0 Å². The molecule has 3 atom stereocenters. The van der Waals surface area contributed by atoms with Crippen molar-refractivity contribution in [2.24, 2.45) is 5.92 Å². The lowest BCUT2D eigenvalue weighted by Crippen LogP contribution is -2.31. The van der Waals surface area contributed by atoms with Crippen molar-refractivity contribution in [3.63, 3.8) is 0 Å². The minimum atomic E-state index is -0.293. The van der Waals surface area contributed by atoms with Crippen molar-refractivity contribution < 1.29 is 19.0 Å². The zero-order chi connectivity index (χ0) is 12.8. The van der Waals surface area contributed by atoms with Crippen molar-refractivity contribution in [2.45, 2.75) is 38.4 Å². The maximum absolute atomic E-state index is 11.0. The Morgan fingerprint density at radius 2 is 2.33 bits per heavy atom. The summed E-state index contributed by atoms with van der Waals surface area (Å²) in [5.41, 5.74) is 0. The van der Waals surface area contributed by atoms with Gasteiger partial charge >= 0.3 is 5.97 Å². The van der Waals surface area contributed by atoms with Gasteiger partial charge in [0.2, 0.25) is 0 Å². The second-order valence-electron chi connectivity index (χ2n) is 4.93. The maximum atomic E-state index is 11.0. The van der Waals surface area contributed by atoms with E-state index in [1.54, 1.807) is 6.92 Å². The van der Waals surface area contributed by atoms with Crippen molar-refractivity contribution in [2.75, 3.05) is 32.9 Å². The Labute approximate surface area is 108 Å². The molecule has 5 heteroatoms. The smallest absolute Gasteiger partial charge is 0.332 e. The molecule has 2 heterocycles. The van der Waals surface area contributed by atoms with E-state index in [0.717, 1.165) is 13.1 Å². The fraction of sp³-hybridized carbons (Fsp3) is 0.923. The van der Waals surface area contributed by atoms with Gasteiger partial charge in [0.25, 0.3) is 0 Å². The molecule has 104 valence electrons. The van der Waals surface area contributed by atoms with Gasteiger partial charge in [-0.25, -0.2) is 4.79 Å². The van der Waals surface area contributed by atoms with Gasteiger partial charge in [-0.1, -0.05) is 0 Å². The van der Waals surface area contributed by atoms with Gasteiger partial charge in [0, 0.05) is 19.0 Å². The third-order valence-corrected chi connectivity index (χ3v) is 3.59. The minimum Gasteiger partial charge on any atom is -0.464 e. The van der Waals surface area contributed by atoms with E-state index in [1.807, 2.05) is 0 Å². The predicted octanol–water partition coefficient (Wildman–Crippen LogP) is 0.723. The summed E-state index contributed by atoms with van der Waals surface area (Å²) in [5, 5.41) is 3.36. The van der Waals surface area contributed by atoms with E-state index in [-0.39, 0.29) is 12.6 Å². The molecule has 0 aromatic carbocycles. The van der Waals surface area contributed by atoms with E-state index < -0.39 is 0 Å². The second kappa shape index (κ2) is 7.07. The number of fused-ring (bicyclic) bond motifs is 2. The summed E-state index contributed by atoms with van der Waals surface area (Å²) in [6.07, 6.45) is 4.64. The predicted molar refractivity (Wildman–Crippen MR) is 66.3 cm³/mol. The third-order valence-electron chi connectivity index (χ3n) is 3.59. The molecule has 2 fully saturated rings. The summed E-state index contributed by atoms with van der Waals surface area (Å²) in [4.78, 5) is 11.0. The van der Waals surface area contributed by atoms with E-state index >= 15 is 0 Å². The van der Waals surface area contributed by atoms with Crippen LogP contribution in [0, 0.1) is 5.92 Å². The maximum Gasteiger partial charge on any atom is 0.332 e. The number of carbonyl (C=O) groups excluding carboxylic acids is 1. The van der Waals surface area contributed by atoms with E-state index in [1.165, 1.54) is 19.3 Å². The molecule has 2 aliphatic heterocycles. The molecule has 0 spiro atoms. The van der Waals surface area contributed by atoms with Gasteiger partial charge < -0.3 is 19.5 Å². The van der Waals surface area contributed by atoms with Crippen LogP contribution in [0.3, 0.4) is 0 Å². The van der Waals surface area contributed by atoms with Gasteiger partial charge in [-0.05, 0) is 26.2 Å². The summed E-state index contributed by atoms with van der Waals surface area (Å²) in [5.74, 6) is 0.368. The Morgan fingerprint density at radius 1 is 1.44 bits per heavy atom. The van der Waals surface area contributed by atoms with Crippen molar-refractivity contribution >= 4 is 5.97 Å². The van der Waals surface area contributed by atoms with Crippen LogP contribution in [0.5, 0.6) is 0 Å². The Balaban J connectivity index is 1.43. The normalized spacial score (nSPS) is 29.7. The lowest BCUT2D eigenvalue weighted by Gasteiger charge is -2.18. The first-order valence-electron chi connectivity index (χ1n) is 6.89. The van der Waals surface area contributed by atoms with Gasteiger partial charge in [0.1, 0.15) is 6.61 Å². The molecule has 2 saturated heterocycles. The summed E-state index contributed by atoms with van der Waals surface area (Å²) in [6.45, 7) is 4.55. The summed E-state index contributed by atoms with van der Waals surface area (Å²) >= 11 is 0. The molecule has 0 aromatic rings. The molecule has 2 rings (SSSR count). The highest BCUT2D eigenvalue weighted by Crippen LogP contribution is 2.38. The first-order valence-corrected chi connectivity index (χ1v) is 6.89. The average molecular weight is 257 g/mol. The van der Waals surface area contributed by atoms with Crippen molar-refractivity contribution in [1.82, 2.24) is 5.32 Å². The fourth-order valence-corrected chi connectivity index (χ4v) is 2.75. The Morgan fingerprint density at radius 3 is 3.00 bits per heavy atom. The first kappa shape index (κ1) is 13.8. The van der Waals surface area contributed by atoms with Crippen molar-refractivity contribution in [1.29, 1.82) is 0 Å². The first-order chi connectivity index (χ1) is 8.79. The number of esters is 1. The number of carbonyl (C=O) groups is 1. The van der Waals surface area contributed by atoms with Gasteiger partial charge in [-0.2, -0.15) is 0 Å². The molecule has 0 aromatic heterocycles. The van der Waals surface area contributed by atoms with Gasteiger partial charge in [-0.15, -0.1) is 0 Å². The van der Waals surface area contributed by atoms with Crippen LogP contribution in [0.1, 0.15) is 26.2 Å². The molecule has 3 unspecified atom stereocenters. The monoisotopic (exact) mass is 257 g/mol.